The number of halogens is 1. The van der Waals surface area contributed by atoms with Gasteiger partial charge >= 0.3 is 0 Å². The molecule has 0 aromatic heterocycles. The highest BCUT2D eigenvalue weighted by molar-refractivity contribution is 7.92. The minimum atomic E-state index is -3.66. The first-order valence-corrected chi connectivity index (χ1v) is 9.01. The van der Waals surface area contributed by atoms with Gasteiger partial charge in [-0.25, -0.2) is 8.42 Å². The Balaban J connectivity index is 1.85. The summed E-state index contributed by atoms with van der Waals surface area (Å²) in [4.78, 5) is 13.6. The van der Waals surface area contributed by atoms with Crippen molar-refractivity contribution in [1.29, 1.82) is 0 Å². The van der Waals surface area contributed by atoms with Gasteiger partial charge in [0.1, 0.15) is 0 Å². The van der Waals surface area contributed by atoms with Crippen LogP contribution in [-0.2, 0) is 14.8 Å². The van der Waals surface area contributed by atoms with Gasteiger partial charge in [-0.2, -0.15) is 0 Å². The summed E-state index contributed by atoms with van der Waals surface area (Å²) in [6.07, 6.45) is 1.32. The van der Waals surface area contributed by atoms with Crippen LogP contribution in [0.1, 0.15) is 12.8 Å². The van der Waals surface area contributed by atoms with Crippen LogP contribution in [0.2, 0.25) is 5.02 Å². The number of carbonyl (C=O) groups excluding carboxylic acids is 1. The molecule has 1 fully saturated rings. The number of nitrogens with zero attached hydrogens (tertiary/aromatic N) is 1. The number of rotatable bonds is 4. The Morgan fingerprint density at radius 3 is 2.43 bits per heavy atom. The van der Waals surface area contributed by atoms with Crippen molar-refractivity contribution >= 4 is 38.9 Å². The van der Waals surface area contributed by atoms with Crippen LogP contribution in [0.25, 0.3) is 0 Å². The summed E-state index contributed by atoms with van der Waals surface area (Å²) in [5.41, 5.74) is 0.964. The number of amides is 1. The smallest absolute Gasteiger partial charge is 0.261 e. The molecule has 3 rings (SSSR count). The zero-order valence-corrected chi connectivity index (χ0v) is 13.8. The van der Waals surface area contributed by atoms with Gasteiger partial charge in [-0.05, 0) is 36.8 Å². The molecule has 1 saturated heterocycles. The molecule has 0 aliphatic carbocycles. The predicted molar refractivity (Wildman–Crippen MR) is 90.3 cm³/mol. The second-order valence-electron chi connectivity index (χ2n) is 5.23. The zero-order chi connectivity index (χ0) is 16.4. The van der Waals surface area contributed by atoms with Gasteiger partial charge in [-0.15, -0.1) is 0 Å². The molecule has 23 heavy (non-hydrogen) atoms. The largest absolute Gasteiger partial charge is 0.311 e. The fourth-order valence-electron chi connectivity index (χ4n) is 2.51. The third-order valence-corrected chi connectivity index (χ3v) is 5.32. The third-order valence-electron chi connectivity index (χ3n) is 3.62. The number of hydrogen-bond donors (Lipinski definition) is 1. The van der Waals surface area contributed by atoms with Crippen LogP contribution in [0.3, 0.4) is 0 Å². The van der Waals surface area contributed by atoms with Crippen molar-refractivity contribution in [2.24, 2.45) is 0 Å². The number of anilines is 2. The minimum absolute atomic E-state index is 0.0320. The maximum absolute atomic E-state index is 12.3. The van der Waals surface area contributed by atoms with Gasteiger partial charge in [0.15, 0.2) is 0 Å². The van der Waals surface area contributed by atoms with Gasteiger partial charge in [0.05, 0.1) is 21.3 Å². The van der Waals surface area contributed by atoms with E-state index in [1.54, 1.807) is 35.2 Å². The van der Waals surface area contributed by atoms with Crippen LogP contribution >= 0.6 is 11.6 Å². The molecular formula is C16H15ClN2O3S. The van der Waals surface area contributed by atoms with Crippen LogP contribution in [0.15, 0.2) is 53.4 Å². The molecule has 0 atom stereocenters. The lowest BCUT2D eigenvalue weighted by Crippen LogP contribution is -2.24. The fraction of sp³-hybridized carbons (Fsp3) is 0.188. The standard InChI is InChI=1S/C16H15ClN2O3S/c17-14-11-12(8-9-15(14)19-10-4-7-16(19)20)18-23(21,22)13-5-2-1-3-6-13/h1-3,5-6,8-9,11,18H,4,7,10H2. The summed E-state index contributed by atoms with van der Waals surface area (Å²) in [6, 6.07) is 12.9. The Kier molecular flexibility index (Phi) is 4.28. The lowest BCUT2D eigenvalue weighted by atomic mass is 10.2. The molecule has 2 aromatic rings. The highest BCUT2D eigenvalue weighted by atomic mass is 35.5. The second kappa shape index (κ2) is 6.22. The normalized spacial score (nSPS) is 15.0. The maximum Gasteiger partial charge on any atom is 0.261 e. The van der Waals surface area contributed by atoms with Crippen molar-refractivity contribution < 1.29 is 13.2 Å². The summed E-state index contributed by atoms with van der Waals surface area (Å²) < 4.78 is 27.1. The van der Waals surface area contributed by atoms with E-state index >= 15 is 0 Å². The topological polar surface area (TPSA) is 66.5 Å². The van der Waals surface area contributed by atoms with E-state index in [9.17, 15) is 13.2 Å². The molecule has 5 nitrogen and oxygen atoms in total. The summed E-state index contributed by atoms with van der Waals surface area (Å²) >= 11 is 6.22. The summed E-state index contributed by atoms with van der Waals surface area (Å²) in [7, 11) is -3.66. The number of benzene rings is 2. The van der Waals surface area contributed by atoms with Gasteiger partial charge in [-0.1, -0.05) is 29.8 Å². The Hall–Kier alpha value is -2.05. The van der Waals surface area contributed by atoms with Crippen molar-refractivity contribution in [3.05, 3.63) is 53.6 Å². The van der Waals surface area contributed by atoms with Crippen LogP contribution in [-0.4, -0.2) is 20.9 Å². The predicted octanol–water partition coefficient (Wildman–Crippen LogP) is 3.27. The van der Waals surface area contributed by atoms with E-state index < -0.39 is 10.0 Å². The van der Waals surface area contributed by atoms with Gasteiger partial charge in [0.25, 0.3) is 10.0 Å². The first kappa shape index (κ1) is 15.8. The average Bonchev–Trinajstić information content (AvgIpc) is 2.94. The molecule has 1 N–H and O–H groups in total. The Morgan fingerprint density at radius 2 is 1.83 bits per heavy atom. The molecule has 120 valence electrons. The molecule has 0 unspecified atom stereocenters. The zero-order valence-electron chi connectivity index (χ0n) is 12.2. The first-order valence-electron chi connectivity index (χ1n) is 7.15. The Morgan fingerprint density at radius 1 is 1.09 bits per heavy atom. The van der Waals surface area contributed by atoms with E-state index in [4.69, 9.17) is 11.6 Å². The summed E-state index contributed by atoms with van der Waals surface area (Å²) in [5.74, 6) is 0.0320. The van der Waals surface area contributed by atoms with Gasteiger partial charge < -0.3 is 4.90 Å². The lowest BCUT2D eigenvalue weighted by molar-refractivity contribution is -0.117. The van der Waals surface area contributed by atoms with Gasteiger partial charge in [-0.3, -0.25) is 9.52 Å². The van der Waals surface area contributed by atoms with Crippen LogP contribution in [0.4, 0.5) is 11.4 Å². The SMILES string of the molecule is O=C1CCCN1c1ccc(NS(=O)(=O)c2ccccc2)cc1Cl. The number of hydrogen-bond acceptors (Lipinski definition) is 3. The van der Waals surface area contributed by atoms with Crippen molar-refractivity contribution in [1.82, 2.24) is 0 Å². The van der Waals surface area contributed by atoms with Crippen LogP contribution < -0.4 is 9.62 Å². The molecule has 1 heterocycles. The molecule has 2 aromatic carbocycles. The monoisotopic (exact) mass is 350 g/mol. The van der Waals surface area contributed by atoms with Gasteiger partial charge in [0, 0.05) is 13.0 Å². The molecule has 1 amide bonds. The lowest BCUT2D eigenvalue weighted by Gasteiger charge is -2.18. The van der Waals surface area contributed by atoms with Crippen molar-refractivity contribution in [2.45, 2.75) is 17.7 Å². The molecule has 0 saturated carbocycles. The van der Waals surface area contributed by atoms with E-state index in [0.29, 0.717) is 29.4 Å². The van der Waals surface area contributed by atoms with E-state index in [1.165, 1.54) is 18.2 Å². The van der Waals surface area contributed by atoms with E-state index in [1.807, 2.05) is 0 Å². The summed E-state index contributed by atoms with van der Waals surface area (Å²) in [5, 5.41) is 0.341. The van der Waals surface area contributed by atoms with Gasteiger partial charge in [0.2, 0.25) is 5.91 Å². The summed E-state index contributed by atoms with van der Waals surface area (Å²) in [6.45, 7) is 0.633. The number of nitrogens with one attached hydrogen (secondary N) is 1. The van der Waals surface area contributed by atoms with Crippen LogP contribution in [0, 0.1) is 0 Å². The van der Waals surface area contributed by atoms with Crippen molar-refractivity contribution in [2.75, 3.05) is 16.2 Å². The van der Waals surface area contributed by atoms with E-state index in [2.05, 4.69) is 4.72 Å². The Bertz CT molecular complexity index is 838. The number of sulfonamides is 1. The quantitative estimate of drug-likeness (QED) is 0.920. The highest BCUT2D eigenvalue weighted by Gasteiger charge is 2.24. The Labute approximate surface area is 139 Å². The third kappa shape index (κ3) is 3.33. The van der Waals surface area contributed by atoms with E-state index in [0.717, 1.165) is 6.42 Å². The second-order valence-corrected chi connectivity index (χ2v) is 7.32. The van der Waals surface area contributed by atoms with Crippen molar-refractivity contribution in [3.8, 4) is 0 Å². The maximum atomic E-state index is 12.3. The average molecular weight is 351 g/mol. The molecule has 1 aliphatic heterocycles. The van der Waals surface area contributed by atoms with E-state index in [-0.39, 0.29) is 10.8 Å². The fourth-order valence-corrected chi connectivity index (χ4v) is 3.86. The molecule has 1 aliphatic rings. The van der Waals surface area contributed by atoms with Crippen LogP contribution in [0.5, 0.6) is 0 Å². The molecule has 7 heteroatoms. The van der Waals surface area contributed by atoms with Crippen molar-refractivity contribution in [3.63, 3.8) is 0 Å². The molecule has 0 spiro atoms. The first-order chi connectivity index (χ1) is 11.0. The highest BCUT2D eigenvalue weighted by Crippen LogP contribution is 2.32. The molecular weight excluding hydrogens is 336 g/mol. The number of carbonyl (C=O) groups is 1. The molecule has 0 radical (unpaired) electrons. The minimum Gasteiger partial charge on any atom is -0.311 e. The molecule has 0 bridgehead atoms.